The van der Waals surface area contributed by atoms with Crippen LogP contribution in [0.5, 0.6) is 11.5 Å². The Hall–Kier alpha value is -2.49. The van der Waals surface area contributed by atoms with Crippen molar-refractivity contribution >= 4 is 5.91 Å². The molecule has 4 nitrogen and oxygen atoms in total. The average Bonchev–Trinajstić information content (AvgIpc) is 2.76. The zero-order valence-corrected chi connectivity index (χ0v) is 18.7. The van der Waals surface area contributed by atoms with Gasteiger partial charge in [-0.1, -0.05) is 39.0 Å². The van der Waals surface area contributed by atoms with Crippen molar-refractivity contribution in [1.29, 1.82) is 0 Å². The van der Waals surface area contributed by atoms with E-state index in [1.807, 2.05) is 37.3 Å². The maximum absolute atomic E-state index is 13.1. The van der Waals surface area contributed by atoms with Gasteiger partial charge in [-0.15, -0.1) is 0 Å². The van der Waals surface area contributed by atoms with E-state index in [2.05, 4.69) is 31.3 Å². The third kappa shape index (κ3) is 5.78. The van der Waals surface area contributed by atoms with E-state index in [4.69, 9.17) is 9.47 Å². The number of ether oxygens (including phenoxy) is 2. The Morgan fingerprint density at radius 1 is 1.00 bits per heavy atom. The lowest BCUT2D eigenvalue weighted by Gasteiger charge is -2.25. The Morgan fingerprint density at radius 2 is 1.67 bits per heavy atom. The zero-order chi connectivity index (χ0) is 21.5. The largest absolute Gasteiger partial charge is 0.497 e. The lowest BCUT2D eigenvalue weighted by Crippen LogP contribution is -2.40. The molecule has 1 amide bonds. The Labute approximate surface area is 181 Å². The highest BCUT2D eigenvalue weighted by molar-refractivity contribution is 5.81. The molecule has 0 fully saturated rings. The first-order valence-electron chi connectivity index (χ1n) is 11.2. The number of methoxy groups -OCH3 is 1. The fourth-order valence-electron chi connectivity index (χ4n) is 4.12. The molecule has 0 unspecified atom stereocenters. The van der Waals surface area contributed by atoms with Gasteiger partial charge in [0.1, 0.15) is 11.5 Å². The van der Waals surface area contributed by atoms with Gasteiger partial charge in [-0.25, -0.2) is 0 Å². The highest BCUT2D eigenvalue weighted by Crippen LogP contribution is 2.27. The summed E-state index contributed by atoms with van der Waals surface area (Å²) in [6.07, 6.45) is 5.73. The first-order chi connectivity index (χ1) is 14.5. The fraction of sp³-hybridized carbons (Fsp3) is 0.500. The Kier molecular flexibility index (Phi) is 7.78. The monoisotopic (exact) mass is 409 g/mol. The third-order valence-corrected chi connectivity index (χ3v) is 5.80. The molecule has 4 heteroatoms. The molecular formula is C26H35NO3. The second-order valence-corrected chi connectivity index (χ2v) is 8.62. The molecule has 0 bridgehead atoms. The van der Waals surface area contributed by atoms with Crippen molar-refractivity contribution in [2.45, 2.75) is 71.4 Å². The van der Waals surface area contributed by atoms with Crippen molar-refractivity contribution in [2.75, 3.05) is 7.11 Å². The summed E-state index contributed by atoms with van der Waals surface area (Å²) in [5, 5.41) is 3.23. The molecule has 0 aromatic heterocycles. The van der Waals surface area contributed by atoms with Crippen LogP contribution in [0.25, 0.3) is 0 Å². The molecule has 1 aliphatic carbocycles. The van der Waals surface area contributed by atoms with E-state index in [-0.39, 0.29) is 11.9 Å². The van der Waals surface area contributed by atoms with Gasteiger partial charge in [0.15, 0.2) is 6.10 Å². The normalized spacial score (nSPS) is 15.2. The zero-order valence-electron chi connectivity index (χ0n) is 18.7. The summed E-state index contributed by atoms with van der Waals surface area (Å²) in [5.41, 5.74) is 3.87. The number of carbonyl (C=O) groups excluding carboxylic acids is 1. The van der Waals surface area contributed by atoms with Crippen LogP contribution in [-0.2, 0) is 17.6 Å². The van der Waals surface area contributed by atoms with Gasteiger partial charge in [0.05, 0.1) is 13.2 Å². The lowest BCUT2D eigenvalue weighted by atomic mass is 9.92. The number of carbonyl (C=O) groups is 1. The fourth-order valence-corrected chi connectivity index (χ4v) is 4.12. The van der Waals surface area contributed by atoms with Crippen LogP contribution in [-0.4, -0.2) is 19.1 Å². The van der Waals surface area contributed by atoms with Gasteiger partial charge >= 0.3 is 0 Å². The summed E-state index contributed by atoms with van der Waals surface area (Å²) in [4.78, 5) is 13.1. The number of fused-ring (bicyclic) bond motifs is 1. The molecule has 3 rings (SSSR count). The lowest BCUT2D eigenvalue weighted by molar-refractivity contribution is -0.129. The molecular weight excluding hydrogens is 374 g/mol. The van der Waals surface area contributed by atoms with Crippen LogP contribution in [0.15, 0.2) is 42.5 Å². The summed E-state index contributed by atoms with van der Waals surface area (Å²) in [6, 6.07) is 14.2. The maximum atomic E-state index is 13.1. The summed E-state index contributed by atoms with van der Waals surface area (Å²) in [5.74, 6) is 2.01. The summed E-state index contributed by atoms with van der Waals surface area (Å²) >= 11 is 0. The number of rotatable bonds is 9. The minimum atomic E-state index is -0.500. The van der Waals surface area contributed by atoms with Crippen LogP contribution in [0.3, 0.4) is 0 Å². The molecule has 0 radical (unpaired) electrons. The van der Waals surface area contributed by atoms with Crippen molar-refractivity contribution in [3.63, 3.8) is 0 Å². The standard InChI is InChI=1S/C26H35NO3/c1-5-25(30-23-15-10-19-8-6-7-9-21(19)17-23)26(28)27-24(16-18(2)3)20-11-13-22(29-4)14-12-20/h10-15,17-18,24-25H,5-9,16H2,1-4H3,(H,27,28)/t24-,25+/m1/s1. The molecule has 0 spiro atoms. The van der Waals surface area contributed by atoms with Gasteiger partial charge in [0.2, 0.25) is 0 Å². The van der Waals surface area contributed by atoms with Crippen LogP contribution < -0.4 is 14.8 Å². The van der Waals surface area contributed by atoms with Gasteiger partial charge in [0.25, 0.3) is 5.91 Å². The van der Waals surface area contributed by atoms with Crippen molar-refractivity contribution in [3.8, 4) is 11.5 Å². The number of hydrogen-bond donors (Lipinski definition) is 1. The summed E-state index contributed by atoms with van der Waals surface area (Å²) in [7, 11) is 1.66. The van der Waals surface area contributed by atoms with Gasteiger partial charge in [-0.05, 0) is 85.4 Å². The highest BCUT2D eigenvalue weighted by atomic mass is 16.5. The van der Waals surface area contributed by atoms with Crippen molar-refractivity contribution in [2.24, 2.45) is 5.92 Å². The van der Waals surface area contributed by atoms with E-state index in [1.54, 1.807) is 7.11 Å². The van der Waals surface area contributed by atoms with E-state index in [1.165, 1.54) is 24.0 Å². The van der Waals surface area contributed by atoms with Crippen LogP contribution in [0.2, 0.25) is 0 Å². The van der Waals surface area contributed by atoms with Gasteiger partial charge in [0, 0.05) is 0 Å². The second kappa shape index (κ2) is 10.5. The topological polar surface area (TPSA) is 47.6 Å². The molecule has 0 heterocycles. The van der Waals surface area contributed by atoms with Crippen LogP contribution in [0.1, 0.15) is 69.2 Å². The molecule has 2 aromatic carbocycles. The minimum Gasteiger partial charge on any atom is -0.497 e. The Bertz CT molecular complexity index is 829. The second-order valence-electron chi connectivity index (χ2n) is 8.62. The van der Waals surface area contributed by atoms with Crippen LogP contribution in [0, 0.1) is 5.92 Å². The molecule has 1 N–H and O–H groups in total. The van der Waals surface area contributed by atoms with E-state index in [9.17, 15) is 4.79 Å². The molecule has 1 aliphatic rings. The van der Waals surface area contributed by atoms with Gasteiger partial charge < -0.3 is 14.8 Å². The number of hydrogen-bond acceptors (Lipinski definition) is 3. The Morgan fingerprint density at radius 3 is 2.30 bits per heavy atom. The van der Waals surface area contributed by atoms with Crippen LogP contribution >= 0.6 is 0 Å². The number of benzene rings is 2. The smallest absolute Gasteiger partial charge is 0.261 e. The number of aryl methyl sites for hydroxylation is 2. The van der Waals surface area contributed by atoms with E-state index < -0.39 is 6.10 Å². The predicted molar refractivity (Wildman–Crippen MR) is 121 cm³/mol. The first-order valence-corrected chi connectivity index (χ1v) is 11.2. The van der Waals surface area contributed by atoms with Crippen molar-refractivity contribution < 1.29 is 14.3 Å². The predicted octanol–water partition coefficient (Wildman–Crippen LogP) is 5.64. The molecule has 2 atom stereocenters. The quantitative estimate of drug-likeness (QED) is 0.583. The average molecular weight is 410 g/mol. The molecule has 0 saturated carbocycles. The SMILES string of the molecule is CC[C@H](Oc1ccc2c(c1)CCCC2)C(=O)N[C@H](CC(C)C)c1ccc(OC)cc1. The minimum absolute atomic E-state index is 0.0513. The molecule has 162 valence electrons. The van der Waals surface area contributed by atoms with E-state index >= 15 is 0 Å². The Balaban J connectivity index is 1.70. The molecule has 0 saturated heterocycles. The highest BCUT2D eigenvalue weighted by Gasteiger charge is 2.24. The maximum Gasteiger partial charge on any atom is 0.261 e. The third-order valence-electron chi connectivity index (χ3n) is 5.80. The van der Waals surface area contributed by atoms with Gasteiger partial charge in [-0.3, -0.25) is 4.79 Å². The van der Waals surface area contributed by atoms with E-state index in [0.717, 1.165) is 36.3 Å². The van der Waals surface area contributed by atoms with Gasteiger partial charge in [-0.2, -0.15) is 0 Å². The van der Waals surface area contributed by atoms with E-state index in [0.29, 0.717) is 12.3 Å². The molecule has 0 aliphatic heterocycles. The number of amides is 1. The molecule has 2 aromatic rings. The molecule has 30 heavy (non-hydrogen) atoms. The van der Waals surface area contributed by atoms with Crippen LogP contribution in [0.4, 0.5) is 0 Å². The summed E-state index contributed by atoms with van der Waals surface area (Å²) in [6.45, 7) is 6.33. The number of nitrogens with one attached hydrogen (secondary N) is 1. The van der Waals surface area contributed by atoms with Crippen molar-refractivity contribution in [3.05, 3.63) is 59.2 Å². The van der Waals surface area contributed by atoms with Crippen molar-refractivity contribution in [1.82, 2.24) is 5.32 Å². The summed E-state index contributed by atoms with van der Waals surface area (Å²) < 4.78 is 11.4. The first kappa shape index (κ1) is 22.2.